The highest BCUT2D eigenvalue weighted by atomic mass is 16.5. The molecule has 0 atom stereocenters. The van der Waals surface area contributed by atoms with Crippen molar-refractivity contribution in [3.05, 3.63) is 83.2 Å². The predicted molar refractivity (Wildman–Crippen MR) is 111 cm³/mol. The number of ether oxygens (including phenoxy) is 1. The van der Waals surface area contributed by atoms with Crippen molar-refractivity contribution in [2.24, 2.45) is 0 Å². The third-order valence-electron chi connectivity index (χ3n) is 5.36. The van der Waals surface area contributed by atoms with Gasteiger partial charge < -0.3 is 15.4 Å². The molecule has 0 spiro atoms. The highest BCUT2D eigenvalue weighted by Gasteiger charge is 2.34. The number of carbonyl (C=O) groups is 4. The van der Waals surface area contributed by atoms with Crippen molar-refractivity contribution in [3.63, 3.8) is 0 Å². The van der Waals surface area contributed by atoms with Gasteiger partial charge in [-0.3, -0.25) is 19.3 Å². The molecule has 156 valence electrons. The van der Waals surface area contributed by atoms with Crippen LogP contribution in [0.5, 0.6) is 0 Å². The quantitative estimate of drug-likeness (QED) is 0.571. The van der Waals surface area contributed by atoms with Crippen LogP contribution >= 0.6 is 0 Å². The number of nitrogens with zero attached hydrogens (tertiary/aromatic N) is 1. The third kappa shape index (κ3) is 3.38. The fourth-order valence-electron chi connectivity index (χ4n) is 3.71. The van der Waals surface area contributed by atoms with E-state index in [1.165, 1.54) is 12.0 Å². The van der Waals surface area contributed by atoms with Crippen molar-refractivity contribution >= 4 is 23.7 Å². The van der Waals surface area contributed by atoms with Crippen molar-refractivity contribution in [2.45, 2.75) is 13.1 Å². The fourth-order valence-corrected chi connectivity index (χ4v) is 3.71. The molecule has 0 aliphatic carbocycles. The summed E-state index contributed by atoms with van der Waals surface area (Å²) in [4.78, 5) is 50.2. The summed E-state index contributed by atoms with van der Waals surface area (Å²) in [5.74, 6) is -2.02. The van der Waals surface area contributed by atoms with E-state index in [1.807, 2.05) is 24.3 Å². The molecular weight excluding hydrogens is 398 g/mol. The first kappa shape index (κ1) is 20.1. The molecule has 2 aliphatic heterocycles. The molecule has 2 aliphatic rings. The summed E-state index contributed by atoms with van der Waals surface area (Å²) in [7, 11) is 1.17. The second-order valence-electron chi connectivity index (χ2n) is 7.15. The molecule has 2 aromatic carbocycles. The summed E-state index contributed by atoms with van der Waals surface area (Å²) in [5.41, 5.74) is 3.94. The molecule has 8 heteroatoms. The molecule has 0 saturated heterocycles. The SMILES string of the molecule is C=C(NC(=O)C(=C)N1Cc2c(cccc2-c2ccc3c(c2)C(=O)NC3)C1=O)C(=O)OC. The minimum absolute atomic E-state index is 0.120. The van der Waals surface area contributed by atoms with Crippen LogP contribution in [0.25, 0.3) is 11.1 Å². The van der Waals surface area contributed by atoms with Gasteiger partial charge in [0, 0.05) is 17.7 Å². The molecule has 0 unspecified atom stereocenters. The second-order valence-corrected chi connectivity index (χ2v) is 7.15. The van der Waals surface area contributed by atoms with Gasteiger partial charge in [-0.2, -0.15) is 0 Å². The van der Waals surface area contributed by atoms with Crippen molar-refractivity contribution in [2.75, 3.05) is 7.11 Å². The summed E-state index contributed by atoms with van der Waals surface area (Å²) < 4.78 is 4.50. The Bertz CT molecular complexity index is 1200. The van der Waals surface area contributed by atoms with E-state index in [0.717, 1.165) is 22.3 Å². The van der Waals surface area contributed by atoms with Gasteiger partial charge in [-0.05, 0) is 34.4 Å². The Morgan fingerprint density at radius 3 is 2.58 bits per heavy atom. The van der Waals surface area contributed by atoms with Crippen molar-refractivity contribution in [1.82, 2.24) is 15.5 Å². The molecule has 0 aromatic heterocycles. The van der Waals surface area contributed by atoms with E-state index >= 15 is 0 Å². The van der Waals surface area contributed by atoms with Crippen LogP contribution < -0.4 is 10.6 Å². The number of rotatable bonds is 5. The van der Waals surface area contributed by atoms with Gasteiger partial charge in [0.05, 0.1) is 13.7 Å². The number of nitrogens with one attached hydrogen (secondary N) is 2. The van der Waals surface area contributed by atoms with Gasteiger partial charge in [-0.1, -0.05) is 37.4 Å². The molecule has 2 N–H and O–H groups in total. The molecule has 3 amide bonds. The van der Waals surface area contributed by atoms with Gasteiger partial charge in [-0.15, -0.1) is 0 Å². The molecule has 2 heterocycles. The van der Waals surface area contributed by atoms with Crippen molar-refractivity contribution in [3.8, 4) is 11.1 Å². The van der Waals surface area contributed by atoms with Gasteiger partial charge in [0.1, 0.15) is 11.4 Å². The zero-order valence-electron chi connectivity index (χ0n) is 16.8. The Labute approximate surface area is 178 Å². The number of methoxy groups -OCH3 is 1. The molecule has 0 radical (unpaired) electrons. The number of fused-ring (bicyclic) bond motifs is 2. The number of amides is 3. The summed E-state index contributed by atoms with van der Waals surface area (Å²) in [6, 6.07) is 10.9. The van der Waals surface area contributed by atoms with Crippen LogP contribution in [-0.4, -0.2) is 35.7 Å². The summed E-state index contributed by atoms with van der Waals surface area (Å²) in [6.07, 6.45) is 0. The minimum atomic E-state index is -0.792. The van der Waals surface area contributed by atoms with E-state index in [2.05, 4.69) is 28.5 Å². The second kappa shape index (κ2) is 7.56. The summed E-state index contributed by atoms with van der Waals surface area (Å²) >= 11 is 0. The summed E-state index contributed by atoms with van der Waals surface area (Å²) in [6.45, 7) is 7.78. The minimum Gasteiger partial charge on any atom is -0.464 e. The van der Waals surface area contributed by atoms with Crippen LogP contribution in [0.2, 0.25) is 0 Å². The van der Waals surface area contributed by atoms with E-state index in [0.29, 0.717) is 17.7 Å². The molecular formula is C23H19N3O5. The lowest BCUT2D eigenvalue weighted by molar-refractivity contribution is -0.137. The van der Waals surface area contributed by atoms with Gasteiger partial charge in [0.15, 0.2) is 0 Å². The van der Waals surface area contributed by atoms with Crippen LogP contribution in [-0.2, 0) is 27.4 Å². The first-order valence-electron chi connectivity index (χ1n) is 9.44. The molecule has 0 fully saturated rings. The highest BCUT2D eigenvalue weighted by molar-refractivity contribution is 6.08. The Morgan fingerprint density at radius 2 is 1.84 bits per heavy atom. The molecule has 0 saturated carbocycles. The zero-order chi connectivity index (χ0) is 22.3. The van der Waals surface area contributed by atoms with E-state index in [4.69, 9.17) is 0 Å². The number of carbonyl (C=O) groups excluding carboxylic acids is 4. The first-order valence-corrected chi connectivity index (χ1v) is 9.44. The molecule has 8 nitrogen and oxygen atoms in total. The first-order chi connectivity index (χ1) is 14.8. The maximum atomic E-state index is 12.9. The fraction of sp³-hybridized carbons (Fsp3) is 0.130. The Kier molecular flexibility index (Phi) is 4.90. The van der Waals surface area contributed by atoms with Crippen molar-refractivity contribution < 1.29 is 23.9 Å². The Morgan fingerprint density at radius 1 is 1.10 bits per heavy atom. The van der Waals surface area contributed by atoms with Crippen LogP contribution in [0.1, 0.15) is 31.8 Å². The van der Waals surface area contributed by atoms with E-state index in [-0.39, 0.29) is 29.8 Å². The maximum Gasteiger partial charge on any atom is 0.353 e. The average molecular weight is 417 g/mol. The van der Waals surface area contributed by atoms with Crippen LogP contribution in [0.15, 0.2) is 61.0 Å². The van der Waals surface area contributed by atoms with Gasteiger partial charge in [0.25, 0.3) is 17.7 Å². The maximum absolute atomic E-state index is 12.9. The van der Waals surface area contributed by atoms with Crippen LogP contribution in [0.4, 0.5) is 0 Å². The smallest absolute Gasteiger partial charge is 0.353 e. The number of hydrogen-bond donors (Lipinski definition) is 2. The third-order valence-corrected chi connectivity index (χ3v) is 5.36. The number of benzene rings is 2. The standard InChI is InChI=1S/C23H19N3O5/c1-12(23(30)31-3)25-20(27)13(2)26-11-19-16(5-4-6-17(19)22(26)29)14-7-8-15-10-24-21(28)18(15)9-14/h4-9H,1-2,10-11H2,3H3,(H,24,28)(H,25,27). The van der Waals surface area contributed by atoms with E-state index in [1.54, 1.807) is 12.1 Å². The van der Waals surface area contributed by atoms with Gasteiger partial charge in [0.2, 0.25) is 0 Å². The molecule has 31 heavy (non-hydrogen) atoms. The Hall–Kier alpha value is -4.20. The molecule has 2 aromatic rings. The Balaban J connectivity index is 1.62. The molecule has 0 bridgehead atoms. The largest absolute Gasteiger partial charge is 0.464 e. The highest BCUT2D eigenvalue weighted by Crippen LogP contribution is 2.35. The number of esters is 1. The monoisotopic (exact) mass is 417 g/mol. The topological polar surface area (TPSA) is 105 Å². The van der Waals surface area contributed by atoms with Gasteiger partial charge >= 0.3 is 5.97 Å². The lowest BCUT2D eigenvalue weighted by Crippen LogP contribution is -2.36. The normalized spacial score (nSPS) is 13.9. The van der Waals surface area contributed by atoms with Crippen LogP contribution in [0.3, 0.4) is 0 Å². The van der Waals surface area contributed by atoms with Crippen LogP contribution in [0, 0.1) is 0 Å². The van der Waals surface area contributed by atoms with Crippen molar-refractivity contribution in [1.29, 1.82) is 0 Å². The van der Waals surface area contributed by atoms with Gasteiger partial charge in [-0.25, -0.2) is 4.79 Å². The average Bonchev–Trinajstić information content (AvgIpc) is 3.32. The lowest BCUT2D eigenvalue weighted by atomic mass is 9.94. The predicted octanol–water partition coefficient (Wildman–Crippen LogP) is 1.87. The van der Waals surface area contributed by atoms with E-state index < -0.39 is 11.9 Å². The van der Waals surface area contributed by atoms with E-state index in [9.17, 15) is 19.2 Å². The molecule has 4 rings (SSSR count). The summed E-state index contributed by atoms with van der Waals surface area (Å²) in [5, 5.41) is 5.08. The number of hydrogen-bond acceptors (Lipinski definition) is 5. The zero-order valence-corrected chi connectivity index (χ0v) is 16.8. The lowest BCUT2D eigenvalue weighted by Gasteiger charge is -2.18.